The molecule has 4 nitrogen and oxygen atoms in total. The van der Waals surface area contributed by atoms with Crippen LogP contribution in [0.2, 0.25) is 0 Å². The fraction of sp³-hybridized carbons (Fsp3) is 0.533. The van der Waals surface area contributed by atoms with Gasteiger partial charge in [-0.15, -0.1) is 24.8 Å². The zero-order valence-corrected chi connectivity index (χ0v) is 14.8. The van der Waals surface area contributed by atoms with Crippen molar-refractivity contribution < 1.29 is 4.79 Å². The highest BCUT2D eigenvalue weighted by Gasteiger charge is 2.16. The summed E-state index contributed by atoms with van der Waals surface area (Å²) >= 11 is 0. The van der Waals surface area contributed by atoms with Crippen molar-refractivity contribution in [3.8, 4) is 0 Å². The Kier molecular flexibility index (Phi) is 11.4. The van der Waals surface area contributed by atoms with Crippen LogP contribution in [0.4, 0.5) is 5.69 Å². The van der Waals surface area contributed by atoms with Crippen LogP contribution in [-0.2, 0) is 0 Å². The Morgan fingerprint density at radius 1 is 1.29 bits per heavy atom. The van der Waals surface area contributed by atoms with E-state index in [-0.39, 0.29) is 36.8 Å². The molecule has 1 atom stereocenters. The molecule has 3 N–H and O–H groups in total. The first kappa shape index (κ1) is 22.3. The van der Waals surface area contributed by atoms with E-state index in [2.05, 4.69) is 24.1 Å². The largest absolute Gasteiger partial charge is 0.399 e. The predicted octanol–water partition coefficient (Wildman–Crippen LogP) is 2.82. The summed E-state index contributed by atoms with van der Waals surface area (Å²) in [6.07, 6.45) is 0.965. The van der Waals surface area contributed by atoms with E-state index in [9.17, 15) is 4.79 Å². The first-order valence-electron chi connectivity index (χ1n) is 6.69. The molecule has 1 amide bonds. The minimum atomic E-state index is -0.0557. The molecular weight excluding hydrogens is 309 g/mol. The summed E-state index contributed by atoms with van der Waals surface area (Å²) in [5, 5.41) is 3.09. The van der Waals surface area contributed by atoms with Crippen LogP contribution in [0.15, 0.2) is 24.3 Å². The van der Waals surface area contributed by atoms with Crippen LogP contribution in [0, 0.1) is 5.92 Å². The van der Waals surface area contributed by atoms with E-state index in [0.717, 1.165) is 13.0 Å². The van der Waals surface area contributed by atoms with E-state index in [1.165, 1.54) is 0 Å². The van der Waals surface area contributed by atoms with Crippen molar-refractivity contribution in [3.63, 3.8) is 0 Å². The molecule has 0 aliphatic heterocycles. The molecule has 0 fully saturated rings. The van der Waals surface area contributed by atoms with Crippen LogP contribution < -0.4 is 11.1 Å². The normalized spacial score (nSPS) is 11.5. The van der Waals surface area contributed by atoms with E-state index in [4.69, 9.17) is 5.73 Å². The van der Waals surface area contributed by atoms with Crippen LogP contribution in [0.1, 0.15) is 30.6 Å². The molecule has 21 heavy (non-hydrogen) atoms. The third-order valence-electron chi connectivity index (χ3n) is 2.83. The van der Waals surface area contributed by atoms with Gasteiger partial charge in [0.25, 0.3) is 5.91 Å². The third-order valence-corrected chi connectivity index (χ3v) is 2.83. The van der Waals surface area contributed by atoms with Gasteiger partial charge in [-0.1, -0.05) is 19.9 Å². The molecule has 0 aromatic heterocycles. The summed E-state index contributed by atoms with van der Waals surface area (Å²) in [4.78, 5) is 14.3. The summed E-state index contributed by atoms with van der Waals surface area (Å²) < 4.78 is 0. The van der Waals surface area contributed by atoms with Crippen molar-refractivity contribution in [2.75, 3.05) is 26.4 Å². The number of carbonyl (C=O) groups excluding carboxylic acids is 1. The van der Waals surface area contributed by atoms with Gasteiger partial charge in [0.2, 0.25) is 0 Å². The van der Waals surface area contributed by atoms with Crippen LogP contribution in [0.3, 0.4) is 0 Å². The van der Waals surface area contributed by atoms with Crippen molar-refractivity contribution in [2.45, 2.75) is 26.3 Å². The molecule has 0 bridgehead atoms. The van der Waals surface area contributed by atoms with Gasteiger partial charge in [0.1, 0.15) is 0 Å². The molecule has 0 saturated carbocycles. The minimum Gasteiger partial charge on any atom is -0.399 e. The molecule has 0 radical (unpaired) electrons. The first-order chi connectivity index (χ1) is 8.88. The number of carbonyl (C=O) groups is 1. The number of hydrogen-bond acceptors (Lipinski definition) is 3. The maximum absolute atomic E-state index is 12.2. The molecule has 1 aromatic carbocycles. The topological polar surface area (TPSA) is 58.4 Å². The number of likely N-dealkylation sites (N-methyl/N-ethyl adjacent to an activating group) is 1. The van der Waals surface area contributed by atoms with E-state index in [1.807, 2.05) is 14.1 Å². The van der Waals surface area contributed by atoms with Gasteiger partial charge < -0.3 is 16.0 Å². The Morgan fingerprint density at radius 3 is 2.38 bits per heavy atom. The Hall–Kier alpha value is -0.970. The fourth-order valence-electron chi connectivity index (χ4n) is 2.14. The highest BCUT2D eigenvalue weighted by atomic mass is 35.5. The minimum absolute atomic E-state index is 0. The fourth-order valence-corrected chi connectivity index (χ4v) is 2.14. The van der Waals surface area contributed by atoms with Crippen LogP contribution in [0.5, 0.6) is 0 Å². The molecule has 0 spiro atoms. The van der Waals surface area contributed by atoms with Gasteiger partial charge in [0, 0.05) is 23.8 Å². The molecule has 1 aromatic rings. The lowest BCUT2D eigenvalue weighted by molar-refractivity contribution is 0.0924. The summed E-state index contributed by atoms with van der Waals surface area (Å²) in [7, 11) is 4.03. The van der Waals surface area contributed by atoms with Gasteiger partial charge in [0.15, 0.2) is 0 Å². The molecule has 0 heterocycles. The molecule has 1 unspecified atom stereocenters. The van der Waals surface area contributed by atoms with Crippen molar-refractivity contribution in [3.05, 3.63) is 29.8 Å². The van der Waals surface area contributed by atoms with Crippen molar-refractivity contribution in [1.82, 2.24) is 10.2 Å². The SMILES string of the molecule is CC(C)CC(CN(C)C)NC(=O)c1cccc(N)c1.Cl.Cl. The van der Waals surface area contributed by atoms with Gasteiger partial charge in [-0.05, 0) is 44.6 Å². The number of nitrogen functional groups attached to an aromatic ring is 1. The van der Waals surface area contributed by atoms with Crippen LogP contribution in [-0.4, -0.2) is 37.5 Å². The second-order valence-corrected chi connectivity index (χ2v) is 5.69. The van der Waals surface area contributed by atoms with Crippen LogP contribution in [0.25, 0.3) is 0 Å². The number of rotatable bonds is 6. The van der Waals surface area contributed by atoms with Gasteiger partial charge in [0.05, 0.1) is 0 Å². The summed E-state index contributed by atoms with van der Waals surface area (Å²) in [5.74, 6) is 0.492. The standard InChI is InChI=1S/C15H25N3O.2ClH/c1-11(2)8-14(10-18(3)4)17-15(19)12-6-5-7-13(16)9-12;;/h5-7,9,11,14H,8,10,16H2,1-4H3,(H,17,19);2*1H. The average Bonchev–Trinajstić information content (AvgIpc) is 2.26. The number of benzene rings is 1. The summed E-state index contributed by atoms with van der Waals surface area (Å²) in [6, 6.07) is 7.23. The van der Waals surface area contributed by atoms with Gasteiger partial charge >= 0.3 is 0 Å². The van der Waals surface area contributed by atoms with E-state index in [1.54, 1.807) is 24.3 Å². The quantitative estimate of drug-likeness (QED) is 0.786. The first-order valence-corrected chi connectivity index (χ1v) is 6.69. The monoisotopic (exact) mass is 335 g/mol. The number of halogens is 2. The lowest BCUT2D eigenvalue weighted by Crippen LogP contribution is -2.42. The Labute approximate surface area is 140 Å². The second kappa shape index (κ2) is 10.7. The zero-order chi connectivity index (χ0) is 14.4. The maximum Gasteiger partial charge on any atom is 0.251 e. The summed E-state index contributed by atoms with van der Waals surface area (Å²) in [5.41, 5.74) is 6.93. The molecule has 122 valence electrons. The number of anilines is 1. The molecule has 6 heteroatoms. The molecular formula is C15H27Cl2N3O. The average molecular weight is 336 g/mol. The summed E-state index contributed by atoms with van der Waals surface area (Å²) in [6.45, 7) is 5.16. The van der Waals surface area contributed by atoms with Gasteiger partial charge in [-0.2, -0.15) is 0 Å². The predicted molar refractivity (Wildman–Crippen MR) is 94.6 cm³/mol. The van der Waals surface area contributed by atoms with Crippen molar-refractivity contribution in [2.24, 2.45) is 5.92 Å². The van der Waals surface area contributed by atoms with Crippen LogP contribution >= 0.6 is 24.8 Å². The lowest BCUT2D eigenvalue weighted by atomic mass is 10.0. The Morgan fingerprint density at radius 2 is 1.90 bits per heavy atom. The number of amides is 1. The lowest BCUT2D eigenvalue weighted by Gasteiger charge is -2.24. The number of nitrogens with zero attached hydrogens (tertiary/aromatic N) is 1. The highest BCUT2D eigenvalue weighted by Crippen LogP contribution is 2.09. The molecule has 1 rings (SSSR count). The zero-order valence-electron chi connectivity index (χ0n) is 13.1. The van der Waals surface area contributed by atoms with Gasteiger partial charge in [-0.3, -0.25) is 4.79 Å². The van der Waals surface area contributed by atoms with Gasteiger partial charge in [-0.25, -0.2) is 0 Å². The number of hydrogen-bond donors (Lipinski definition) is 2. The highest BCUT2D eigenvalue weighted by molar-refractivity contribution is 5.95. The molecule has 0 aliphatic carbocycles. The second-order valence-electron chi connectivity index (χ2n) is 5.69. The Balaban J connectivity index is 0. The number of nitrogens with two attached hydrogens (primary N) is 1. The maximum atomic E-state index is 12.2. The Bertz CT molecular complexity index is 415. The number of nitrogens with one attached hydrogen (secondary N) is 1. The van der Waals surface area contributed by atoms with E-state index < -0.39 is 0 Å². The van der Waals surface area contributed by atoms with E-state index in [0.29, 0.717) is 17.2 Å². The van der Waals surface area contributed by atoms with Crippen molar-refractivity contribution >= 4 is 36.4 Å². The van der Waals surface area contributed by atoms with Crippen molar-refractivity contribution in [1.29, 1.82) is 0 Å². The molecule has 0 aliphatic rings. The van der Waals surface area contributed by atoms with E-state index >= 15 is 0 Å². The molecule has 0 saturated heterocycles. The smallest absolute Gasteiger partial charge is 0.251 e. The third kappa shape index (κ3) is 8.81.